The Morgan fingerprint density at radius 3 is 2.67 bits per heavy atom. The molecule has 0 fully saturated rings. The molecule has 2 aromatic carbocycles. The van der Waals surface area contributed by atoms with Gasteiger partial charge in [-0.25, -0.2) is 0 Å². The van der Waals surface area contributed by atoms with E-state index in [0.29, 0.717) is 41.3 Å². The van der Waals surface area contributed by atoms with E-state index in [1.807, 2.05) is 30.3 Å². The van der Waals surface area contributed by atoms with Gasteiger partial charge in [0.25, 0.3) is 0 Å². The Morgan fingerprint density at radius 1 is 1.05 bits per heavy atom. The number of benzene rings is 2. The number of anilines is 1. The zero-order valence-corrected chi connectivity index (χ0v) is 14.6. The second kappa shape index (κ2) is 6.50. The summed E-state index contributed by atoms with van der Waals surface area (Å²) in [5.41, 5.74) is 1.90. The average molecular weight is 436 g/mol. The van der Waals surface area contributed by atoms with Crippen LogP contribution >= 0.6 is 45.8 Å². The van der Waals surface area contributed by atoms with Crippen molar-refractivity contribution < 1.29 is 9.47 Å². The van der Waals surface area contributed by atoms with Crippen LogP contribution in [0.5, 0.6) is 11.5 Å². The number of hydrogen-bond donors (Lipinski definition) is 1. The smallest absolute Gasteiger partial charge is 0.179 e. The molecule has 110 valence electrons. The number of hydrogen-bond acceptors (Lipinski definition) is 3. The lowest BCUT2D eigenvalue weighted by molar-refractivity contribution is 0.171. The molecular weight excluding hydrogens is 424 g/mol. The Kier molecular flexibility index (Phi) is 4.66. The highest BCUT2D eigenvalue weighted by Gasteiger charge is 2.16. The predicted molar refractivity (Wildman–Crippen MR) is 93.9 cm³/mol. The third-order valence-electron chi connectivity index (χ3n) is 3.07. The SMILES string of the molecule is Clc1cc(I)ccc1NCc1cc(Cl)c2c(c1)OCCO2. The van der Waals surface area contributed by atoms with Gasteiger partial charge in [-0.05, 0) is 58.5 Å². The lowest BCUT2D eigenvalue weighted by atomic mass is 10.2. The number of nitrogens with one attached hydrogen (secondary N) is 1. The Hall–Kier alpha value is -0.850. The standard InChI is InChI=1S/C15H12Cl2INO2/c16-11-7-10(18)1-2-13(11)19-8-9-5-12(17)15-14(6-9)20-3-4-21-15/h1-2,5-7,19H,3-4,8H2. The second-order valence-corrected chi connectivity index (χ2v) is 6.64. The Morgan fingerprint density at radius 2 is 1.86 bits per heavy atom. The van der Waals surface area contributed by atoms with E-state index >= 15 is 0 Å². The van der Waals surface area contributed by atoms with E-state index < -0.39 is 0 Å². The second-order valence-electron chi connectivity index (χ2n) is 4.58. The number of fused-ring (bicyclic) bond motifs is 1. The van der Waals surface area contributed by atoms with Crippen LogP contribution in [0.1, 0.15) is 5.56 Å². The third-order valence-corrected chi connectivity index (χ3v) is 4.34. The van der Waals surface area contributed by atoms with E-state index in [2.05, 4.69) is 27.9 Å². The fourth-order valence-corrected chi connectivity index (χ4v) is 3.31. The van der Waals surface area contributed by atoms with Crippen molar-refractivity contribution in [2.45, 2.75) is 6.54 Å². The molecule has 2 aromatic rings. The molecule has 6 heteroatoms. The minimum atomic E-state index is 0.530. The van der Waals surface area contributed by atoms with Crippen LogP contribution in [0.25, 0.3) is 0 Å². The molecule has 3 rings (SSSR count). The minimum Gasteiger partial charge on any atom is -0.486 e. The number of rotatable bonds is 3. The summed E-state index contributed by atoms with van der Waals surface area (Å²) in [4.78, 5) is 0. The summed E-state index contributed by atoms with van der Waals surface area (Å²) in [6, 6.07) is 9.70. The van der Waals surface area contributed by atoms with Gasteiger partial charge in [0.05, 0.1) is 15.7 Å². The monoisotopic (exact) mass is 435 g/mol. The molecule has 21 heavy (non-hydrogen) atoms. The van der Waals surface area contributed by atoms with E-state index in [0.717, 1.165) is 14.8 Å². The van der Waals surface area contributed by atoms with Gasteiger partial charge in [0.15, 0.2) is 11.5 Å². The van der Waals surface area contributed by atoms with Crippen LogP contribution in [0.4, 0.5) is 5.69 Å². The van der Waals surface area contributed by atoms with Crippen LogP contribution in [0.2, 0.25) is 10.0 Å². The molecule has 0 amide bonds. The van der Waals surface area contributed by atoms with Gasteiger partial charge in [-0.1, -0.05) is 23.2 Å². The molecule has 0 saturated heterocycles. The van der Waals surface area contributed by atoms with Gasteiger partial charge in [0, 0.05) is 10.1 Å². The highest BCUT2D eigenvalue weighted by molar-refractivity contribution is 14.1. The minimum absolute atomic E-state index is 0.530. The molecule has 3 nitrogen and oxygen atoms in total. The number of ether oxygens (including phenoxy) is 2. The van der Waals surface area contributed by atoms with Crippen LogP contribution in [-0.4, -0.2) is 13.2 Å². The molecule has 1 N–H and O–H groups in total. The van der Waals surface area contributed by atoms with Gasteiger partial charge in [0.2, 0.25) is 0 Å². The van der Waals surface area contributed by atoms with Crippen molar-refractivity contribution in [1.29, 1.82) is 0 Å². The van der Waals surface area contributed by atoms with Crippen LogP contribution in [0, 0.1) is 3.57 Å². The molecule has 0 unspecified atom stereocenters. The molecule has 0 radical (unpaired) electrons. The molecule has 1 heterocycles. The maximum absolute atomic E-state index is 6.22. The van der Waals surface area contributed by atoms with Crippen molar-refractivity contribution in [1.82, 2.24) is 0 Å². The van der Waals surface area contributed by atoms with Crippen LogP contribution in [-0.2, 0) is 6.54 Å². The first-order valence-corrected chi connectivity index (χ1v) is 8.24. The highest BCUT2D eigenvalue weighted by Crippen LogP contribution is 2.38. The molecule has 0 bridgehead atoms. The van der Waals surface area contributed by atoms with Crippen LogP contribution < -0.4 is 14.8 Å². The van der Waals surface area contributed by atoms with Crippen molar-refractivity contribution >= 4 is 51.5 Å². The summed E-state index contributed by atoms with van der Waals surface area (Å²) in [7, 11) is 0. The van der Waals surface area contributed by atoms with E-state index in [1.54, 1.807) is 0 Å². The molecule has 0 saturated carbocycles. The van der Waals surface area contributed by atoms with Crippen LogP contribution in [0.3, 0.4) is 0 Å². The van der Waals surface area contributed by atoms with E-state index in [9.17, 15) is 0 Å². The first kappa shape index (κ1) is 15.1. The first-order chi connectivity index (χ1) is 10.1. The third kappa shape index (κ3) is 3.49. The molecular formula is C15H12Cl2INO2. The average Bonchev–Trinajstić information content (AvgIpc) is 2.46. The fourth-order valence-electron chi connectivity index (χ4n) is 2.10. The summed E-state index contributed by atoms with van der Waals surface area (Å²) >= 11 is 14.7. The van der Waals surface area contributed by atoms with Crippen molar-refractivity contribution in [2.75, 3.05) is 18.5 Å². The van der Waals surface area contributed by atoms with E-state index in [4.69, 9.17) is 32.7 Å². The quantitative estimate of drug-likeness (QED) is 0.689. The first-order valence-electron chi connectivity index (χ1n) is 6.40. The summed E-state index contributed by atoms with van der Waals surface area (Å²) in [6.07, 6.45) is 0. The van der Waals surface area contributed by atoms with Crippen molar-refractivity contribution in [3.63, 3.8) is 0 Å². The van der Waals surface area contributed by atoms with Crippen molar-refractivity contribution in [3.05, 3.63) is 49.5 Å². The van der Waals surface area contributed by atoms with Gasteiger partial charge in [-0.15, -0.1) is 0 Å². The largest absolute Gasteiger partial charge is 0.486 e. The Balaban J connectivity index is 1.77. The lowest BCUT2D eigenvalue weighted by Gasteiger charge is -2.20. The van der Waals surface area contributed by atoms with Gasteiger partial charge in [-0.2, -0.15) is 0 Å². The summed E-state index contributed by atoms with van der Waals surface area (Å²) < 4.78 is 12.2. The maximum atomic E-state index is 6.22. The van der Waals surface area contributed by atoms with E-state index in [-0.39, 0.29) is 0 Å². The van der Waals surface area contributed by atoms with Gasteiger partial charge in [0.1, 0.15) is 13.2 Å². The normalized spacial score (nSPS) is 13.1. The van der Waals surface area contributed by atoms with Crippen molar-refractivity contribution in [3.8, 4) is 11.5 Å². The van der Waals surface area contributed by atoms with Crippen molar-refractivity contribution in [2.24, 2.45) is 0 Å². The molecule has 1 aliphatic rings. The summed E-state index contributed by atoms with van der Waals surface area (Å²) in [5, 5.41) is 4.57. The predicted octanol–water partition coefficient (Wildman–Crippen LogP) is 4.98. The fraction of sp³-hybridized carbons (Fsp3) is 0.200. The van der Waals surface area contributed by atoms with Gasteiger partial charge in [-0.3, -0.25) is 0 Å². The van der Waals surface area contributed by atoms with Gasteiger partial charge >= 0.3 is 0 Å². The molecule has 0 spiro atoms. The molecule has 0 atom stereocenters. The maximum Gasteiger partial charge on any atom is 0.179 e. The van der Waals surface area contributed by atoms with Gasteiger partial charge < -0.3 is 14.8 Å². The summed E-state index contributed by atoms with van der Waals surface area (Å²) in [6.45, 7) is 1.68. The topological polar surface area (TPSA) is 30.5 Å². The summed E-state index contributed by atoms with van der Waals surface area (Å²) in [5.74, 6) is 1.32. The molecule has 0 aliphatic carbocycles. The molecule has 0 aromatic heterocycles. The zero-order valence-electron chi connectivity index (χ0n) is 11.0. The Bertz CT molecular complexity index is 679. The lowest BCUT2D eigenvalue weighted by Crippen LogP contribution is -2.16. The highest BCUT2D eigenvalue weighted by atomic mass is 127. The van der Waals surface area contributed by atoms with E-state index in [1.165, 1.54) is 0 Å². The zero-order chi connectivity index (χ0) is 14.8. The molecule has 1 aliphatic heterocycles. The van der Waals surface area contributed by atoms with Crippen LogP contribution in [0.15, 0.2) is 30.3 Å². The Labute approximate surface area is 146 Å². The number of halogens is 3.